The summed E-state index contributed by atoms with van der Waals surface area (Å²) in [6, 6.07) is 9.79. The van der Waals surface area contributed by atoms with Crippen LogP contribution in [0.15, 0.2) is 48.6 Å². The highest BCUT2D eigenvalue weighted by Crippen LogP contribution is 2.33. The van der Waals surface area contributed by atoms with Gasteiger partial charge < -0.3 is 40.3 Å². The zero-order chi connectivity index (χ0) is 48.2. The zero-order valence-electron chi connectivity index (χ0n) is 39.2. The van der Waals surface area contributed by atoms with Gasteiger partial charge in [-0.1, -0.05) is 32.4 Å². The molecule has 0 bridgehead atoms. The number of benzene rings is 2. The predicted molar refractivity (Wildman–Crippen MR) is 252 cm³/mol. The Morgan fingerprint density at radius 2 is 1.38 bits per heavy atom. The molecule has 0 aliphatic rings. The molecule has 4 aromatic heterocycles. The van der Waals surface area contributed by atoms with Crippen LogP contribution in [-0.2, 0) is 31.0 Å². The third-order valence-corrected chi connectivity index (χ3v) is 10.9. The topological polar surface area (TPSA) is 254 Å². The van der Waals surface area contributed by atoms with E-state index >= 15 is 0 Å². The maximum Gasteiger partial charge on any atom is 0.276 e. The van der Waals surface area contributed by atoms with E-state index in [1.54, 1.807) is 63.3 Å². The number of nitrogens with two attached hydrogens (primary N) is 2. The Balaban J connectivity index is 0.000000721. The third kappa shape index (κ3) is 11.6. The molecule has 6 rings (SSSR count). The minimum Gasteiger partial charge on any atom is -0.494 e. The minimum atomic E-state index is -0.647. The van der Waals surface area contributed by atoms with E-state index < -0.39 is 17.7 Å². The molecule has 66 heavy (non-hydrogen) atoms. The van der Waals surface area contributed by atoms with Crippen LogP contribution in [0.4, 0.5) is 11.9 Å². The first-order valence-electron chi connectivity index (χ1n) is 21.8. The van der Waals surface area contributed by atoms with Crippen LogP contribution in [0.5, 0.6) is 11.5 Å². The number of aldehydes is 1. The summed E-state index contributed by atoms with van der Waals surface area (Å²) in [6.07, 6.45) is 6.64. The third-order valence-electron chi connectivity index (χ3n) is 10.9. The molecule has 6 aromatic rings. The van der Waals surface area contributed by atoms with E-state index in [-0.39, 0.29) is 36.1 Å². The highest BCUT2D eigenvalue weighted by Gasteiger charge is 2.22. The summed E-state index contributed by atoms with van der Waals surface area (Å²) in [6.45, 7) is 14.3. The molecule has 0 saturated heterocycles. The summed E-state index contributed by atoms with van der Waals surface area (Å²) in [5.41, 5.74) is 16.5. The van der Waals surface area contributed by atoms with Crippen molar-refractivity contribution in [3.63, 3.8) is 0 Å². The average Bonchev–Trinajstić information content (AvgIpc) is 4.07. The fourth-order valence-corrected chi connectivity index (χ4v) is 7.27. The Labute approximate surface area is 383 Å². The van der Waals surface area contributed by atoms with Gasteiger partial charge in [0.1, 0.15) is 33.9 Å². The lowest BCUT2D eigenvalue weighted by atomic mass is 10.0. The molecule has 0 aliphatic heterocycles. The Morgan fingerprint density at radius 1 is 0.818 bits per heavy atom. The smallest absolute Gasteiger partial charge is 0.276 e. The standard InChI is InChI=1S/C39H51N11O6.C7H10N2O/c1-8-23(3)17-32(51)47(6)13-12-16-56-31-22-26(36(41)53)20-28-34(31)48(38(42-5)43-28)14-10-11-15-49-33-27(19-25(35(40)52)21-30(33)55-7)44-39(49)45-37(54)29-18-24(4)46-50(29)9-2;1-3-9-7(5-10)4-6(2)8-9/h10-11,18-23H,8-9,12-17H2,1-7H3,(H2,40,52)(H2,41,53)(H,42,43)(H,44,45,54);4-5H,3H2,1-2H3/b11-10+;/t23-;/m0./s1. The SMILES string of the molecule is CC[C@H](C)CC(=O)N(C)CCCOc1cc(C(N)=O)cc2nc(NC)n(C/C=C/Cn3c(NC(=O)c4cc(C)nn4CC)nc4cc(C(N)=O)cc(OC)c43)c12.CCn1nc(C)cc1C=O. The number of hydrogen-bond acceptors (Lipinski definition) is 12. The van der Waals surface area contributed by atoms with E-state index in [9.17, 15) is 24.0 Å². The molecule has 0 spiro atoms. The highest BCUT2D eigenvalue weighted by atomic mass is 16.5. The zero-order valence-corrected chi connectivity index (χ0v) is 39.2. The number of allylic oxidation sites excluding steroid dienone is 2. The van der Waals surface area contributed by atoms with Gasteiger partial charge in [0.05, 0.1) is 36.1 Å². The van der Waals surface area contributed by atoms with Crippen LogP contribution in [0.25, 0.3) is 22.1 Å². The van der Waals surface area contributed by atoms with Crippen molar-refractivity contribution in [2.45, 2.75) is 87.0 Å². The minimum absolute atomic E-state index is 0.0899. The van der Waals surface area contributed by atoms with Gasteiger partial charge in [-0.3, -0.25) is 38.7 Å². The second-order valence-corrected chi connectivity index (χ2v) is 15.8. The van der Waals surface area contributed by atoms with Gasteiger partial charge in [-0.15, -0.1) is 0 Å². The van der Waals surface area contributed by atoms with Gasteiger partial charge in [0, 0.05) is 64.4 Å². The lowest BCUT2D eigenvalue weighted by Gasteiger charge is -2.19. The van der Waals surface area contributed by atoms with Crippen LogP contribution in [0.3, 0.4) is 0 Å². The lowest BCUT2D eigenvalue weighted by Crippen LogP contribution is -2.29. The maximum absolute atomic E-state index is 13.5. The van der Waals surface area contributed by atoms with E-state index in [0.29, 0.717) is 95.0 Å². The number of primary amides is 2. The number of carbonyl (C=O) groups excluding carboxylic acids is 5. The van der Waals surface area contributed by atoms with E-state index in [2.05, 4.69) is 39.7 Å². The van der Waals surface area contributed by atoms with E-state index in [0.717, 1.165) is 24.9 Å². The number of rotatable bonds is 21. The average molecular weight is 908 g/mol. The van der Waals surface area contributed by atoms with E-state index in [1.165, 1.54) is 13.2 Å². The molecule has 0 fully saturated rings. The van der Waals surface area contributed by atoms with Crippen LogP contribution in [0.1, 0.15) is 100 Å². The molecule has 0 saturated carbocycles. The van der Waals surface area contributed by atoms with Crippen molar-refractivity contribution >= 4 is 63.9 Å². The molecular formula is C46H61N13O7. The Kier molecular flexibility index (Phi) is 16.8. The van der Waals surface area contributed by atoms with Crippen LogP contribution >= 0.6 is 0 Å². The highest BCUT2D eigenvalue weighted by molar-refractivity contribution is 6.04. The van der Waals surface area contributed by atoms with Gasteiger partial charge in [-0.2, -0.15) is 10.2 Å². The molecule has 0 unspecified atom stereocenters. The van der Waals surface area contributed by atoms with Crippen molar-refractivity contribution in [3.8, 4) is 11.5 Å². The molecule has 6 N–H and O–H groups in total. The summed E-state index contributed by atoms with van der Waals surface area (Å²) in [4.78, 5) is 72.0. The Hall–Kier alpha value is -7.51. The van der Waals surface area contributed by atoms with Crippen LogP contribution in [-0.4, -0.2) is 108 Å². The fourth-order valence-electron chi connectivity index (χ4n) is 7.27. The second-order valence-electron chi connectivity index (χ2n) is 15.8. The molecule has 20 heteroatoms. The van der Waals surface area contributed by atoms with E-state index in [4.69, 9.17) is 25.9 Å². The molecule has 0 radical (unpaired) electrons. The molecule has 20 nitrogen and oxygen atoms in total. The number of carbonyl (C=O) groups is 5. The summed E-state index contributed by atoms with van der Waals surface area (Å²) < 4.78 is 18.9. The normalized spacial score (nSPS) is 11.7. The summed E-state index contributed by atoms with van der Waals surface area (Å²) in [5.74, 6) is 0.261. The van der Waals surface area contributed by atoms with Crippen LogP contribution in [0, 0.1) is 19.8 Å². The van der Waals surface area contributed by atoms with Gasteiger partial charge in [0.15, 0.2) is 6.29 Å². The van der Waals surface area contributed by atoms with Crippen molar-refractivity contribution in [2.24, 2.45) is 17.4 Å². The first kappa shape index (κ1) is 49.5. The van der Waals surface area contributed by atoms with Gasteiger partial charge in [-0.05, 0) is 76.4 Å². The molecule has 4 amide bonds. The first-order valence-corrected chi connectivity index (χ1v) is 21.8. The summed E-state index contributed by atoms with van der Waals surface area (Å²) >= 11 is 0. The van der Waals surface area contributed by atoms with Crippen LogP contribution < -0.4 is 31.6 Å². The molecule has 2 aromatic carbocycles. The maximum atomic E-state index is 13.5. The Bertz CT molecular complexity index is 2740. The quantitative estimate of drug-likeness (QED) is 0.0405. The molecular weight excluding hydrogens is 847 g/mol. The second kappa shape index (κ2) is 22.4. The van der Waals surface area contributed by atoms with Crippen molar-refractivity contribution in [1.82, 2.24) is 43.6 Å². The van der Waals surface area contributed by atoms with E-state index in [1.807, 2.05) is 44.4 Å². The number of aryl methyl sites for hydroxylation is 4. The molecule has 352 valence electrons. The Morgan fingerprint density at radius 3 is 1.92 bits per heavy atom. The van der Waals surface area contributed by atoms with Crippen molar-refractivity contribution in [2.75, 3.05) is 45.0 Å². The van der Waals surface area contributed by atoms with Crippen molar-refractivity contribution in [3.05, 3.63) is 82.5 Å². The van der Waals surface area contributed by atoms with Crippen molar-refractivity contribution < 1.29 is 33.4 Å². The number of amides is 4. The number of nitrogens with one attached hydrogen (secondary N) is 2. The number of methoxy groups -OCH3 is 1. The fraction of sp³-hybridized carbons (Fsp3) is 0.413. The molecule has 0 aliphatic carbocycles. The van der Waals surface area contributed by atoms with Crippen LogP contribution in [0.2, 0.25) is 0 Å². The largest absolute Gasteiger partial charge is 0.494 e. The monoisotopic (exact) mass is 907 g/mol. The number of nitrogens with zero attached hydrogens (tertiary/aromatic N) is 9. The first-order chi connectivity index (χ1) is 31.6. The summed E-state index contributed by atoms with van der Waals surface area (Å²) in [7, 11) is 5.01. The number of hydrogen-bond donors (Lipinski definition) is 4. The van der Waals surface area contributed by atoms with Gasteiger partial charge in [0.25, 0.3) is 5.91 Å². The number of ether oxygens (including phenoxy) is 2. The number of imidazole rings is 2. The number of aromatic nitrogens is 8. The van der Waals surface area contributed by atoms with Gasteiger partial charge >= 0.3 is 0 Å². The lowest BCUT2D eigenvalue weighted by molar-refractivity contribution is -0.130. The van der Waals surface area contributed by atoms with Crippen molar-refractivity contribution in [1.29, 1.82) is 0 Å². The van der Waals surface area contributed by atoms with Gasteiger partial charge in [0.2, 0.25) is 29.6 Å². The predicted octanol–water partition coefficient (Wildman–Crippen LogP) is 5.36. The number of anilines is 2. The molecule has 1 atom stereocenters. The number of fused-ring (bicyclic) bond motifs is 2. The summed E-state index contributed by atoms with van der Waals surface area (Å²) in [5, 5.41) is 14.5. The molecule has 4 heterocycles. The van der Waals surface area contributed by atoms with Gasteiger partial charge in [-0.25, -0.2) is 9.97 Å².